The van der Waals surface area contributed by atoms with Crippen LogP contribution in [0.5, 0.6) is 5.75 Å². The van der Waals surface area contributed by atoms with Crippen LogP contribution in [0.25, 0.3) is 0 Å². The second kappa shape index (κ2) is 7.01. The summed E-state index contributed by atoms with van der Waals surface area (Å²) in [5.41, 5.74) is 1.42. The van der Waals surface area contributed by atoms with Gasteiger partial charge in [-0.25, -0.2) is 0 Å². The first kappa shape index (κ1) is 14.5. The maximum Gasteiger partial charge on any atom is 0.254 e. The van der Waals surface area contributed by atoms with Crippen LogP contribution >= 0.6 is 0 Å². The minimum Gasteiger partial charge on any atom is -0.508 e. The number of benzene rings is 1. The topological polar surface area (TPSA) is 49.8 Å². The predicted molar refractivity (Wildman–Crippen MR) is 70.9 cm³/mol. The van der Waals surface area contributed by atoms with Gasteiger partial charge in [0, 0.05) is 25.3 Å². The number of phenols is 1. The maximum absolute atomic E-state index is 12.3. The van der Waals surface area contributed by atoms with Crippen LogP contribution in [0, 0.1) is 6.92 Å². The second-order valence-electron chi connectivity index (χ2n) is 4.08. The van der Waals surface area contributed by atoms with Crippen LogP contribution in [0.2, 0.25) is 0 Å². The first-order chi connectivity index (χ1) is 8.60. The van der Waals surface area contributed by atoms with E-state index in [9.17, 15) is 9.90 Å². The van der Waals surface area contributed by atoms with Crippen molar-refractivity contribution in [3.8, 4) is 5.75 Å². The third-order valence-corrected chi connectivity index (χ3v) is 2.82. The lowest BCUT2D eigenvalue weighted by Gasteiger charge is -2.21. The smallest absolute Gasteiger partial charge is 0.254 e. The number of aryl methyl sites for hydroxylation is 1. The van der Waals surface area contributed by atoms with Crippen LogP contribution < -0.4 is 0 Å². The van der Waals surface area contributed by atoms with Crippen molar-refractivity contribution in [1.82, 2.24) is 4.90 Å². The minimum atomic E-state index is -0.0188. The van der Waals surface area contributed by atoms with Crippen molar-refractivity contribution in [2.24, 2.45) is 0 Å². The molecule has 0 aromatic heterocycles. The van der Waals surface area contributed by atoms with Gasteiger partial charge in [-0.1, -0.05) is 0 Å². The van der Waals surface area contributed by atoms with Crippen molar-refractivity contribution in [2.45, 2.75) is 20.8 Å². The van der Waals surface area contributed by atoms with Gasteiger partial charge in [0.05, 0.1) is 6.61 Å². The Kier molecular flexibility index (Phi) is 5.65. The molecule has 18 heavy (non-hydrogen) atoms. The monoisotopic (exact) mass is 251 g/mol. The highest BCUT2D eigenvalue weighted by Gasteiger charge is 2.16. The average molecular weight is 251 g/mol. The van der Waals surface area contributed by atoms with Crippen LogP contribution in [0.3, 0.4) is 0 Å². The Bertz CT molecular complexity index is 404. The van der Waals surface area contributed by atoms with E-state index in [1.54, 1.807) is 17.0 Å². The molecule has 0 heterocycles. The quantitative estimate of drug-likeness (QED) is 0.788. The van der Waals surface area contributed by atoms with Crippen LogP contribution in [-0.4, -0.2) is 42.2 Å². The normalized spacial score (nSPS) is 10.4. The first-order valence-electron chi connectivity index (χ1n) is 6.26. The molecule has 4 heteroatoms. The number of carbonyl (C=O) groups excluding carboxylic acids is 1. The molecule has 0 bridgehead atoms. The molecule has 1 amide bonds. The lowest BCUT2D eigenvalue weighted by molar-refractivity contribution is 0.0668. The van der Waals surface area contributed by atoms with Crippen molar-refractivity contribution in [3.05, 3.63) is 29.3 Å². The number of hydrogen-bond acceptors (Lipinski definition) is 3. The number of nitrogens with zero attached hydrogens (tertiary/aromatic N) is 1. The van der Waals surface area contributed by atoms with E-state index in [2.05, 4.69) is 0 Å². The molecule has 0 saturated heterocycles. The van der Waals surface area contributed by atoms with Crippen LogP contribution in [0.15, 0.2) is 18.2 Å². The first-order valence-corrected chi connectivity index (χ1v) is 6.26. The molecule has 100 valence electrons. The highest BCUT2D eigenvalue weighted by Crippen LogP contribution is 2.17. The Balaban J connectivity index is 2.76. The molecule has 0 atom stereocenters. The number of ether oxygens (including phenoxy) is 1. The highest BCUT2D eigenvalue weighted by molar-refractivity contribution is 5.95. The van der Waals surface area contributed by atoms with E-state index in [1.807, 2.05) is 20.8 Å². The van der Waals surface area contributed by atoms with Gasteiger partial charge in [0.2, 0.25) is 0 Å². The van der Waals surface area contributed by atoms with Gasteiger partial charge < -0.3 is 14.7 Å². The van der Waals surface area contributed by atoms with E-state index in [0.717, 1.165) is 5.56 Å². The molecule has 4 nitrogen and oxygen atoms in total. The number of phenolic OH excluding ortho intramolecular Hbond substituents is 1. The van der Waals surface area contributed by atoms with Gasteiger partial charge in [-0.05, 0) is 44.5 Å². The van der Waals surface area contributed by atoms with Gasteiger partial charge >= 0.3 is 0 Å². The van der Waals surface area contributed by atoms with Crippen molar-refractivity contribution in [1.29, 1.82) is 0 Å². The molecular formula is C14H21NO3. The van der Waals surface area contributed by atoms with Gasteiger partial charge in [0.25, 0.3) is 5.91 Å². The van der Waals surface area contributed by atoms with Gasteiger partial charge in [-0.3, -0.25) is 4.79 Å². The molecule has 1 aromatic carbocycles. The van der Waals surface area contributed by atoms with Crippen molar-refractivity contribution < 1.29 is 14.6 Å². The fraction of sp³-hybridized carbons (Fsp3) is 0.500. The van der Waals surface area contributed by atoms with E-state index >= 15 is 0 Å². The summed E-state index contributed by atoms with van der Waals surface area (Å²) < 4.78 is 5.27. The molecule has 0 fully saturated rings. The zero-order valence-corrected chi connectivity index (χ0v) is 11.3. The minimum absolute atomic E-state index is 0.0188. The summed E-state index contributed by atoms with van der Waals surface area (Å²) >= 11 is 0. The summed E-state index contributed by atoms with van der Waals surface area (Å²) in [5.74, 6) is 0.163. The van der Waals surface area contributed by atoms with Crippen LogP contribution in [0.1, 0.15) is 29.8 Å². The number of likely N-dealkylation sites (N-methyl/N-ethyl adjacent to an activating group) is 1. The Morgan fingerprint density at radius 1 is 1.39 bits per heavy atom. The molecule has 0 unspecified atom stereocenters. The largest absolute Gasteiger partial charge is 0.508 e. The Labute approximate surface area is 108 Å². The van der Waals surface area contributed by atoms with E-state index in [-0.39, 0.29) is 11.7 Å². The second-order valence-corrected chi connectivity index (χ2v) is 4.08. The van der Waals surface area contributed by atoms with Crippen molar-refractivity contribution in [2.75, 3.05) is 26.3 Å². The highest BCUT2D eigenvalue weighted by atomic mass is 16.5. The van der Waals surface area contributed by atoms with E-state index in [0.29, 0.717) is 31.9 Å². The fourth-order valence-electron chi connectivity index (χ4n) is 1.78. The van der Waals surface area contributed by atoms with Gasteiger partial charge in [0.15, 0.2) is 0 Å². The van der Waals surface area contributed by atoms with Crippen molar-refractivity contribution >= 4 is 5.91 Å². The lowest BCUT2D eigenvalue weighted by atomic mass is 10.1. The van der Waals surface area contributed by atoms with Crippen LogP contribution in [-0.2, 0) is 4.74 Å². The van der Waals surface area contributed by atoms with Gasteiger partial charge in [-0.2, -0.15) is 0 Å². The molecule has 1 N–H and O–H groups in total. The molecule has 1 rings (SSSR count). The third kappa shape index (κ3) is 3.74. The SMILES string of the molecule is CCOCCN(CC)C(=O)c1ccc(O)cc1C. The summed E-state index contributed by atoms with van der Waals surface area (Å²) in [4.78, 5) is 14.0. The number of carbonyl (C=O) groups is 1. The molecule has 1 aromatic rings. The molecule has 0 aliphatic carbocycles. The zero-order chi connectivity index (χ0) is 13.5. The molecule has 0 radical (unpaired) electrons. The van der Waals surface area contributed by atoms with Crippen LogP contribution in [0.4, 0.5) is 0 Å². The maximum atomic E-state index is 12.3. The van der Waals surface area contributed by atoms with E-state index in [1.165, 1.54) is 6.07 Å². The Hall–Kier alpha value is -1.55. The fourth-order valence-corrected chi connectivity index (χ4v) is 1.78. The lowest BCUT2D eigenvalue weighted by Crippen LogP contribution is -2.34. The molecule has 0 aliphatic heterocycles. The molecule has 0 spiro atoms. The van der Waals surface area contributed by atoms with E-state index in [4.69, 9.17) is 4.74 Å². The van der Waals surface area contributed by atoms with E-state index < -0.39 is 0 Å². The molecule has 0 aliphatic rings. The summed E-state index contributed by atoms with van der Waals surface area (Å²) in [7, 11) is 0. The Morgan fingerprint density at radius 2 is 2.11 bits per heavy atom. The number of hydrogen-bond donors (Lipinski definition) is 1. The van der Waals surface area contributed by atoms with Gasteiger partial charge in [-0.15, -0.1) is 0 Å². The summed E-state index contributed by atoms with van der Waals surface area (Å²) in [6.45, 7) is 8.14. The third-order valence-electron chi connectivity index (χ3n) is 2.82. The average Bonchev–Trinajstić information content (AvgIpc) is 2.34. The Morgan fingerprint density at radius 3 is 2.67 bits per heavy atom. The summed E-state index contributed by atoms with van der Waals surface area (Å²) in [6.07, 6.45) is 0. The number of amides is 1. The number of rotatable bonds is 6. The molecule has 0 saturated carbocycles. The van der Waals surface area contributed by atoms with Crippen molar-refractivity contribution in [3.63, 3.8) is 0 Å². The predicted octanol–water partition coefficient (Wildman–Crippen LogP) is 2.20. The summed E-state index contributed by atoms with van der Waals surface area (Å²) in [6, 6.07) is 4.80. The zero-order valence-electron chi connectivity index (χ0n) is 11.3. The number of aromatic hydroxyl groups is 1. The standard InChI is InChI=1S/C14H21NO3/c1-4-15(8-9-18-5-2)14(17)13-7-6-12(16)10-11(13)3/h6-7,10,16H,4-5,8-9H2,1-3H3. The molecular weight excluding hydrogens is 230 g/mol. The summed E-state index contributed by atoms with van der Waals surface area (Å²) in [5, 5.41) is 9.34. The van der Waals surface area contributed by atoms with Gasteiger partial charge in [0.1, 0.15) is 5.75 Å².